The molecule has 2 aromatic rings. The van der Waals surface area contributed by atoms with Crippen molar-refractivity contribution in [2.24, 2.45) is 10.2 Å². The zero-order valence-corrected chi connectivity index (χ0v) is 12.9. The maximum absolute atomic E-state index is 12.9. The minimum Gasteiger partial charge on any atom is -0.166 e. The highest BCUT2D eigenvalue weighted by atomic mass is 35.5. The molecule has 0 radical (unpaired) electrons. The maximum Gasteiger partial charge on any atom is 0.418 e. The van der Waals surface area contributed by atoms with Gasteiger partial charge >= 0.3 is 12.4 Å². The Morgan fingerprint density at radius 1 is 0.625 bits per heavy atom. The summed E-state index contributed by atoms with van der Waals surface area (Å²) < 4.78 is 77.5. The summed E-state index contributed by atoms with van der Waals surface area (Å²) in [5.74, 6) is 0. The molecule has 0 aromatic heterocycles. The molecule has 10 heteroatoms. The summed E-state index contributed by atoms with van der Waals surface area (Å²) in [5, 5.41) is 6.20. The number of benzene rings is 2. The molecule has 0 aliphatic heterocycles. The second-order valence-corrected chi connectivity index (χ2v) is 5.39. The minimum atomic E-state index is -4.79. The molecule has 0 aliphatic rings. The Balaban J connectivity index is 2.50. The molecule has 2 aromatic carbocycles. The Labute approximate surface area is 141 Å². The van der Waals surface area contributed by atoms with Crippen LogP contribution in [0.1, 0.15) is 11.1 Å². The van der Waals surface area contributed by atoms with Crippen LogP contribution in [0.25, 0.3) is 0 Å². The third kappa shape index (κ3) is 4.39. The van der Waals surface area contributed by atoms with Crippen LogP contribution < -0.4 is 0 Å². The lowest BCUT2D eigenvalue weighted by molar-refractivity contribution is -0.138. The van der Waals surface area contributed by atoms with Crippen LogP contribution in [0.4, 0.5) is 37.7 Å². The van der Waals surface area contributed by atoms with Crippen molar-refractivity contribution in [1.29, 1.82) is 0 Å². The zero-order valence-electron chi connectivity index (χ0n) is 11.4. The van der Waals surface area contributed by atoms with E-state index in [0.717, 1.165) is 24.3 Å². The third-order valence-corrected chi connectivity index (χ3v) is 3.26. The smallest absolute Gasteiger partial charge is 0.166 e. The van der Waals surface area contributed by atoms with E-state index in [-0.39, 0.29) is 10.0 Å². The van der Waals surface area contributed by atoms with E-state index >= 15 is 0 Å². The van der Waals surface area contributed by atoms with Gasteiger partial charge in [0.2, 0.25) is 0 Å². The van der Waals surface area contributed by atoms with E-state index in [4.69, 9.17) is 23.2 Å². The highest BCUT2D eigenvalue weighted by Gasteiger charge is 2.35. The van der Waals surface area contributed by atoms with Crippen LogP contribution in [-0.4, -0.2) is 0 Å². The molecule has 0 saturated heterocycles. The van der Waals surface area contributed by atoms with Crippen LogP contribution in [0.3, 0.4) is 0 Å². The molecule has 0 amide bonds. The fourth-order valence-electron chi connectivity index (χ4n) is 1.75. The minimum absolute atomic E-state index is 0.191. The number of hydrogen-bond donors (Lipinski definition) is 0. The Morgan fingerprint density at radius 2 is 0.958 bits per heavy atom. The topological polar surface area (TPSA) is 24.7 Å². The van der Waals surface area contributed by atoms with Crippen molar-refractivity contribution in [3.05, 3.63) is 57.6 Å². The first-order valence-electron chi connectivity index (χ1n) is 6.14. The lowest BCUT2D eigenvalue weighted by Crippen LogP contribution is -2.05. The lowest BCUT2D eigenvalue weighted by Gasteiger charge is -2.11. The molecule has 2 nitrogen and oxygen atoms in total. The van der Waals surface area contributed by atoms with Crippen molar-refractivity contribution in [3.63, 3.8) is 0 Å². The van der Waals surface area contributed by atoms with Crippen LogP contribution in [0, 0.1) is 0 Å². The van der Waals surface area contributed by atoms with Gasteiger partial charge in [-0.1, -0.05) is 23.2 Å². The molecule has 0 spiro atoms. The number of halogens is 8. The summed E-state index contributed by atoms with van der Waals surface area (Å²) in [6.45, 7) is 0. The van der Waals surface area contributed by atoms with Crippen molar-refractivity contribution >= 4 is 34.6 Å². The van der Waals surface area contributed by atoms with Gasteiger partial charge in [0.15, 0.2) is 0 Å². The van der Waals surface area contributed by atoms with E-state index in [2.05, 4.69) is 10.2 Å². The van der Waals surface area contributed by atoms with Crippen molar-refractivity contribution in [1.82, 2.24) is 0 Å². The molecule has 128 valence electrons. The summed E-state index contributed by atoms with van der Waals surface area (Å²) >= 11 is 11.0. The Kier molecular flexibility index (Phi) is 5.10. The summed E-state index contributed by atoms with van der Waals surface area (Å²) in [7, 11) is 0. The standard InChI is InChI=1S/C14H6Cl2F6N2/c15-7-1-3-11(9(5-7)13(17,18)19)23-24-12-4-2-8(16)6-10(12)14(20,21)22/h1-6H/b24-23+. The van der Waals surface area contributed by atoms with E-state index in [9.17, 15) is 26.3 Å². The van der Waals surface area contributed by atoms with Gasteiger partial charge in [-0.05, 0) is 36.4 Å². The second kappa shape index (κ2) is 6.60. The fourth-order valence-corrected chi connectivity index (χ4v) is 2.10. The molecule has 0 N–H and O–H groups in total. The van der Waals surface area contributed by atoms with Gasteiger partial charge in [-0.15, -0.1) is 10.2 Å². The highest BCUT2D eigenvalue weighted by molar-refractivity contribution is 6.31. The molecule has 0 bridgehead atoms. The molecule has 0 heterocycles. The normalized spacial score (nSPS) is 12.8. The molecule has 0 saturated carbocycles. The third-order valence-electron chi connectivity index (χ3n) is 2.79. The summed E-state index contributed by atoms with van der Waals surface area (Å²) in [6, 6.07) is 5.30. The molecular formula is C14H6Cl2F6N2. The Hall–Kier alpha value is -1.80. The number of rotatable bonds is 2. The monoisotopic (exact) mass is 386 g/mol. The van der Waals surface area contributed by atoms with E-state index in [1.165, 1.54) is 0 Å². The van der Waals surface area contributed by atoms with Crippen molar-refractivity contribution in [3.8, 4) is 0 Å². The second-order valence-electron chi connectivity index (χ2n) is 4.52. The average Bonchev–Trinajstić information content (AvgIpc) is 2.45. The quantitative estimate of drug-likeness (QED) is 0.378. The first-order chi connectivity index (χ1) is 11.0. The average molecular weight is 387 g/mol. The number of alkyl halides is 6. The molecule has 0 unspecified atom stereocenters. The van der Waals surface area contributed by atoms with Gasteiger partial charge in [-0.3, -0.25) is 0 Å². The predicted molar refractivity (Wildman–Crippen MR) is 77.1 cm³/mol. The number of azo groups is 1. The lowest BCUT2D eigenvalue weighted by atomic mass is 10.1. The highest BCUT2D eigenvalue weighted by Crippen LogP contribution is 2.41. The van der Waals surface area contributed by atoms with Crippen LogP contribution in [0.2, 0.25) is 10.0 Å². The number of nitrogens with zero attached hydrogens (tertiary/aromatic N) is 2. The van der Waals surface area contributed by atoms with E-state index < -0.39 is 34.9 Å². The predicted octanol–water partition coefficient (Wildman–Crippen LogP) is 7.45. The van der Waals surface area contributed by atoms with Gasteiger partial charge in [0, 0.05) is 10.0 Å². The molecule has 0 fully saturated rings. The zero-order chi connectivity index (χ0) is 18.1. The van der Waals surface area contributed by atoms with Gasteiger partial charge in [-0.25, -0.2) is 0 Å². The molecule has 24 heavy (non-hydrogen) atoms. The molecule has 0 atom stereocenters. The molecule has 2 rings (SSSR count). The Morgan fingerprint density at radius 3 is 1.25 bits per heavy atom. The molecular weight excluding hydrogens is 381 g/mol. The van der Waals surface area contributed by atoms with Gasteiger partial charge in [0.25, 0.3) is 0 Å². The van der Waals surface area contributed by atoms with Crippen molar-refractivity contribution in [2.75, 3.05) is 0 Å². The summed E-state index contributed by atoms with van der Waals surface area (Å²) in [4.78, 5) is 0. The van der Waals surface area contributed by atoms with Gasteiger partial charge < -0.3 is 0 Å². The largest absolute Gasteiger partial charge is 0.418 e. The van der Waals surface area contributed by atoms with E-state index in [0.29, 0.717) is 12.1 Å². The van der Waals surface area contributed by atoms with Crippen LogP contribution >= 0.6 is 23.2 Å². The maximum atomic E-state index is 12.9. The first kappa shape index (κ1) is 18.5. The van der Waals surface area contributed by atoms with Gasteiger partial charge in [0.1, 0.15) is 0 Å². The summed E-state index contributed by atoms with van der Waals surface area (Å²) in [6.07, 6.45) is -9.57. The van der Waals surface area contributed by atoms with Crippen molar-refractivity contribution < 1.29 is 26.3 Å². The SMILES string of the molecule is FC(F)(F)c1cc(Cl)ccc1/N=N/c1ccc(Cl)cc1C(F)(F)F. The molecule has 0 aliphatic carbocycles. The van der Waals surface area contributed by atoms with Crippen LogP contribution in [0.5, 0.6) is 0 Å². The number of hydrogen-bond acceptors (Lipinski definition) is 2. The van der Waals surface area contributed by atoms with Crippen LogP contribution in [-0.2, 0) is 12.4 Å². The van der Waals surface area contributed by atoms with Crippen LogP contribution in [0.15, 0.2) is 46.6 Å². The van der Waals surface area contributed by atoms with Gasteiger partial charge in [0.05, 0.1) is 22.5 Å². The first-order valence-corrected chi connectivity index (χ1v) is 6.89. The Bertz CT molecular complexity index is 718. The van der Waals surface area contributed by atoms with E-state index in [1.54, 1.807) is 0 Å². The fraction of sp³-hybridized carbons (Fsp3) is 0.143. The van der Waals surface area contributed by atoms with Gasteiger partial charge in [-0.2, -0.15) is 26.3 Å². The van der Waals surface area contributed by atoms with E-state index in [1.807, 2.05) is 0 Å². The summed E-state index contributed by atoms with van der Waals surface area (Å²) in [5.41, 5.74) is -3.73. The van der Waals surface area contributed by atoms with Crippen molar-refractivity contribution in [2.45, 2.75) is 12.4 Å².